The average Bonchev–Trinajstić information content (AvgIpc) is 3.46. The van der Waals surface area contributed by atoms with Crippen LogP contribution in [0.15, 0.2) is 55.0 Å². The Kier molecular flexibility index (Phi) is 6.69. The van der Waals surface area contributed by atoms with E-state index in [1.807, 2.05) is 0 Å². The monoisotopic (exact) mass is 500 g/mol. The number of aryl methyl sites for hydroxylation is 1. The molecule has 0 saturated carbocycles. The third-order valence-electron chi connectivity index (χ3n) is 5.63. The molecule has 2 heterocycles. The number of carbonyl (C=O) groups is 3. The molecule has 188 valence electrons. The summed E-state index contributed by atoms with van der Waals surface area (Å²) in [4.78, 5) is 42.3. The predicted octanol–water partition coefficient (Wildman–Crippen LogP) is 3.55. The van der Waals surface area contributed by atoms with Crippen LogP contribution < -0.4 is 20.9 Å². The lowest BCUT2D eigenvalue weighted by molar-refractivity contribution is -0.137. The van der Waals surface area contributed by atoms with E-state index in [0.29, 0.717) is 30.0 Å². The van der Waals surface area contributed by atoms with Crippen molar-refractivity contribution in [3.63, 3.8) is 0 Å². The van der Waals surface area contributed by atoms with Gasteiger partial charge in [0.25, 0.3) is 0 Å². The molecular weight excluding hydrogens is 477 g/mol. The summed E-state index contributed by atoms with van der Waals surface area (Å²) in [5, 5.41) is 7.48. The number of alkyl halides is 3. The van der Waals surface area contributed by atoms with Crippen LogP contribution in [0.5, 0.6) is 0 Å². The third-order valence-corrected chi connectivity index (χ3v) is 5.63. The SMILES string of the molecule is Cc1cn(-c2cc(NC(=O)C(=O)NC(C)c3ccc(N4CCNC4=O)cc3)cc(C(F)(F)F)c2)cn1. The molecule has 4 rings (SSSR count). The maximum absolute atomic E-state index is 13.4. The standard InChI is InChI=1S/C24H23F3N6O3/c1-14-12-32(13-29-14)20-10-17(24(25,26)27)9-18(11-20)31-22(35)21(34)30-15(2)16-3-5-19(6-4-16)33-8-7-28-23(33)36/h3-6,9-13,15H,7-8H2,1-2H3,(H,28,36)(H,30,34)(H,31,35). The number of imidazole rings is 1. The van der Waals surface area contributed by atoms with Crippen molar-refractivity contribution in [3.8, 4) is 5.69 Å². The number of hydrogen-bond acceptors (Lipinski definition) is 4. The van der Waals surface area contributed by atoms with Crippen molar-refractivity contribution in [3.05, 3.63) is 71.8 Å². The minimum atomic E-state index is -4.66. The molecule has 3 aromatic rings. The van der Waals surface area contributed by atoms with Crippen LogP contribution in [-0.4, -0.2) is 40.5 Å². The lowest BCUT2D eigenvalue weighted by Gasteiger charge is -2.18. The van der Waals surface area contributed by atoms with Crippen LogP contribution in [-0.2, 0) is 15.8 Å². The molecule has 2 aromatic carbocycles. The Morgan fingerprint density at radius 3 is 2.39 bits per heavy atom. The first-order valence-corrected chi connectivity index (χ1v) is 11.0. The van der Waals surface area contributed by atoms with Gasteiger partial charge in [0.05, 0.1) is 23.6 Å². The van der Waals surface area contributed by atoms with Gasteiger partial charge in [-0.1, -0.05) is 12.1 Å². The summed E-state index contributed by atoms with van der Waals surface area (Å²) in [6, 6.07) is 9.13. The van der Waals surface area contributed by atoms with E-state index in [1.165, 1.54) is 23.2 Å². The molecule has 1 saturated heterocycles. The van der Waals surface area contributed by atoms with Crippen LogP contribution in [0.3, 0.4) is 0 Å². The van der Waals surface area contributed by atoms with Crippen molar-refractivity contribution >= 4 is 29.2 Å². The molecule has 0 bridgehead atoms. The summed E-state index contributed by atoms with van der Waals surface area (Å²) in [7, 11) is 0. The smallest absolute Gasteiger partial charge is 0.341 e. The Morgan fingerprint density at radius 1 is 1.08 bits per heavy atom. The molecule has 1 atom stereocenters. The summed E-state index contributed by atoms with van der Waals surface area (Å²) in [5.41, 5.74) is 0.925. The van der Waals surface area contributed by atoms with E-state index in [1.54, 1.807) is 43.0 Å². The molecule has 3 N–H and O–H groups in total. The fraction of sp³-hybridized carbons (Fsp3) is 0.250. The number of urea groups is 1. The highest BCUT2D eigenvalue weighted by Crippen LogP contribution is 2.33. The number of halogens is 3. The van der Waals surface area contributed by atoms with Gasteiger partial charge in [0.15, 0.2) is 0 Å². The van der Waals surface area contributed by atoms with E-state index in [0.717, 1.165) is 12.1 Å². The number of hydrogen-bond donors (Lipinski definition) is 3. The molecule has 1 fully saturated rings. The molecule has 0 aliphatic carbocycles. The zero-order valence-corrected chi connectivity index (χ0v) is 19.4. The molecular formula is C24H23F3N6O3. The summed E-state index contributed by atoms with van der Waals surface area (Å²) >= 11 is 0. The van der Waals surface area contributed by atoms with Crippen molar-refractivity contribution in [2.24, 2.45) is 0 Å². The Balaban J connectivity index is 1.45. The molecule has 1 unspecified atom stereocenters. The molecule has 1 aromatic heterocycles. The lowest BCUT2D eigenvalue weighted by atomic mass is 10.1. The van der Waals surface area contributed by atoms with Gasteiger partial charge >= 0.3 is 24.0 Å². The minimum absolute atomic E-state index is 0.126. The number of anilines is 2. The zero-order chi connectivity index (χ0) is 26.0. The van der Waals surface area contributed by atoms with Crippen LogP contribution in [0.1, 0.15) is 29.8 Å². The maximum Gasteiger partial charge on any atom is 0.416 e. The van der Waals surface area contributed by atoms with Gasteiger partial charge in [-0.2, -0.15) is 13.2 Å². The minimum Gasteiger partial charge on any atom is -0.341 e. The second-order valence-corrected chi connectivity index (χ2v) is 8.31. The van der Waals surface area contributed by atoms with E-state index in [9.17, 15) is 27.6 Å². The Hall–Kier alpha value is -4.35. The van der Waals surface area contributed by atoms with Gasteiger partial charge in [0.1, 0.15) is 0 Å². The maximum atomic E-state index is 13.4. The number of carbonyl (C=O) groups excluding carboxylic acids is 3. The van der Waals surface area contributed by atoms with Crippen LogP contribution >= 0.6 is 0 Å². The van der Waals surface area contributed by atoms with Gasteiger partial charge in [-0.15, -0.1) is 0 Å². The molecule has 1 aliphatic heterocycles. The summed E-state index contributed by atoms with van der Waals surface area (Å²) in [5.74, 6) is -2.12. The molecule has 12 heteroatoms. The number of amides is 4. The van der Waals surface area contributed by atoms with E-state index < -0.39 is 29.6 Å². The van der Waals surface area contributed by atoms with Crippen molar-refractivity contribution in [2.45, 2.75) is 26.1 Å². The highest BCUT2D eigenvalue weighted by molar-refractivity contribution is 6.39. The van der Waals surface area contributed by atoms with Gasteiger partial charge in [-0.25, -0.2) is 9.78 Å². The van der Waals surface area contributed by atoms with Gasteiger partial charge in [-0.3, -0.25) is 14.5 Å². The summed E-state index contributed by atoms with van der Waals surface area (Å²) in [6.07, 6.45) is -1.77. The van der Waals surface area contributed by atoms with E-state index >= 15 is 0 Å². The van der Waals surface area contributed by atoms with E-state index in [-0.39, 0.29) is 17.4 Å². The quantitative estimate of drug-likeness (QED) is 0.466. The third kappa shape index (κ3) is 5.48. The highest BCUT2D eigenvalue weighted by Gasteiger charge is 2.32. The highest BCUT2D eigenvalue weighted by atomic mass is 19.4. The molecule has 1 aliphatic rings. The van der Waals surface area contributed by atoms with Gasteiger partial charge in [-0.05, 0) is 49.7 Å². The first kappa shape index (κ1) is 24.8. The predicted molar refractivity (Wildman–Crippen MR) is 126 cm³/mol. The van der Waals surface area contributed by atoms with Crippen LogP contribution in [0.25, 0.3) is 5.69 Å². The van der Waals surface area contributed by atoms with Crippen molar-refractivity contribution < 1.29 is 27.6 Å². The number of nitrogens with zero attached hydrogens (tertiary/aromatic N) is 3. The van der Waals surface area contributed by atoms with E-state index in [4.69, 9.17) is 0 Å². The van der Waals surface area contributed by atoms with Gasteiger partial charge in [0.2, 0.25) is 0 Å². The second-order valence-electron chi connectivity index (χ2n) is 8.31. The van der Waals surface area contributed by atoms with Gasteiger partial charge < -0.3 is 20.5 Å². The zero-order valence-electron chi connectivity index (χ0n) is 19.4. The van der Waals surface area contributed by atoms with Gasteiger partial charge in [0, 0.05) is 36.3 Å². The fourth-order valence-corrected chi connectivity index (χ4v) is 3.75. The summed E-state index contributed by atoms with van der Waals surface area (Å²) in [6.45, 7) is 4.45. The van der Waals surface area contributed by atoms with Crippen molar-refractivity contribution in [1.29, 1.82) is 0 Å². The molecule has 0 radical (unpaired) electrons. The first-order valence-electron chi connectivity index (χ1n) is 11.0. The number of nitrogens with one attached hydrogen (secondary N) is 3. The molecule has 36 heavy (non-hydrogen) atoms. The molecule has 0 spiro atoms. The van der Waals surface area contributed by atoms with Crippen molar-refractivity contribution in [2.75, 3.05) is 23.3 Å². The Bertz CT molecular complexity index is 1300. The fourth-order valence-electron chi connectivity index (χ4n) is 3.75. The summed E-state index contributed by atoms with van der Waals surface area (Å²) < 4.78 is 41.7. The average molecular weight is 500 g/mol. The van der Waals surface area contributed by atoms with E-state index in [2.05, 4.69) is 20.9 Å². The van der Waals surface area contributed by atoms with Crippen molar-refractivity contribution in [1.82, 2.24) is 20.2 Å². The second kappa shape index (κ2) is 9.72. The molecule has 9 nitrogen and oxygen atoms in total. The number of aromatic nitrogens is 2. The number of benzene rings is 2. The van der Waals surface area contributed by atoms with Crippen LogP contribution in [0.2, 0.25) is 0 Å². The van der Waals surface area contributed by atoms with Crippen LogP contribution in [0.4, 0.5) is 29.3 Å². The topological polar surface area (TPSA) is 108 Å². The van der Waals surface area contributed by atoms with Crippen LogP contribution in [0, 0.1) is 6.92 Å². The Labute approximate surface area is 204 Å². The Morgan fingerprint density at radius 2 is 1.81 bits per heavy atom. The first-order chi connectivity index (χ1) is 17.0. The number of rotatable bonds is 5. The normalized spacial score (nSPS) is 14.4. The largest absolute Gasteiger partial charge is 0.416 e. The molecule has 4 amide bonds. The lowest BCUT2D eigenvalue weighted by Crippen LogP contribution is -2.37.